The summed E-state index contributed by atoms with van der Waals surface area (Å²) in [7, 11) is 0. The Labute approximate surface area is 140 Å². The van der Waals surface area contributed by atoms with E-state index in [0.717, 1.165) is 32.8 Å². The maximum atomic E-state index is 6.38. The highest BCUT2D eigenvalue weighted by Gasteiger charge is 2.21. The molecule has 2 aromatic carbocycles. The van der Waals surface area contributed by atoms with E-state index < -0.39 is 0 Å². The van der Waals surface area contributed by atoms with Gasteiger partial charge in [-0.1, -0.05) is 45.7 Å². The van der Waals surface area contributed by atoms with Crippen LogP contribution < -0.4 is 0 Å². The number of hydrogen-bond donors (Lipinski definition) is 0. The first kappa shape index (κ1) is 13.7. The molecule has 1 aliphatic rings. The number of nitrogens with zero attached hydrogens (tertiary/aromatic N) is 4. The van der Waals surface area contributed by atoms with Crippen molar-refractivity contribution in [3.8, 4) is 5.69 Å². The molecule has 0 saturated carbocycles. The molecule has 0 spiro atoms. The van der Waals surface area contributed by atoms with Crippen LogP contribution >= 0.6 is 27.5 Å². The molecule has 4 rings (SSSR count). The molecule has 0 unspecified atom stereocenters. The molecule has 0 N–H and O–H groups in total. The highest BCUT2D eigenvalue weighted by atomic mass is 79.9. The van der Waals surface area contributed by atoms with Gasteiger partial charge in [0, 0.05) is 20.6 Å². The van der Waals surface area contributed by atoms with E-state index in [1.54, 1.807) is 6.33 Å². The van der Waals surface area contributed by atoms with Crippen LogP contribution in [-0.2, 0) is 6.54 Å². The van der Waals surface area contributed by atoms with Crippen LogP contribution in [0.2, 0.25) is 5.02 Å². The molecule has 3 aromatic rings. The molecule has 22 heavy (non-hydrogen) atoms. The molecule has 6 heteroatoms. The zero-order valence-electron chi connectivity index (χ0n) is 11.4. The molecule has 108 valence electrons. The van der Waals surface area contributed by atoms with Crippen LogP contribution in [0.1, 0.15) is 17.0 Å². The number of rotatable bonds is 1. The van der Waals surface area contributed by atoms with Gasteiger partial charge in [-0.15, -0.1) is 10.2 Å². The van der Waals surface area contributed by atoms with Crippen molar-refractivity contribution in [2.75, 3.05) is 0 Å². The van der Waals surface area contributed by atoms with E-state index in [-0.39, 0.29) is 0 Å². The average molecular weight is 374 g/mol. The van der Waals surface area contributed by atoms with Gasteiger partial charge < -0.3 is 0 Å². The molecule has 2 heterocycles. The SMILES string of the molecule is Clc1ccccc1C1=NCc2nncn2-c2ccc(Br)cc21. The first-order chi connectivity index (χ1) is 10.7. The third kappa shape index (κ3) is 2.17. The van der Waals surface area contributed by atoms with Crippen LogP contribution in [0.4, 0.5) is 0 Å². The quantitative estimate of drug-likeness (QED) is 0.646. The normalized spacial score (nSPS) is 13.1. The summed E-state index contributed by atoms with van der Waals surface area (Å²) in [5, 5.41) is 8.82. The second kappa shape index (κ2) is 5.34. The summed E-state index contributed by atoms with van der Waals surface area (Å²) < 4.78 is 2.96. The number of benzene rings is 2. The fraction of sp³-hybridized carbons (Fsp3) is 0.0625. The van der Waals surface area contributed by atoms with Crippen LogP contribution in [0.5, 0.6) is 0 Å². The molecule has 0 radical (unpaired) electrons. The summed E-state index contributed by atoms with van der Waals surface area (Å²) >= 11 is 9.91. The van der Waals surface area contributed by atoms with Gasteiger partial charge >= 0.3 is 0 Å². The van der Waals surface area contributed by atoms with E-state index in [1.165, 1.54) is 0 Å². The number of aromatic nitrogens is 3. The van der Waals surface area contributed by atoms with Crippen molar-refractivity contribution in [3.63, 3.8) is 0 Å². The highest BCUT2D eigenvalue weighted by Crippen LogP contribution is 2.29. The van der Waals surface area contributed by atoms with Gasteiger partial charge in [-0.25, -0.2) is 0 Å². The minimum absolute atomic E-state index is 0.465. The zero-order valence-corrected chi connectivity index (χ0v) is 13.7. The zero-order chi connectivity index (χ0) is 15.1. The summed E-state index contributed by atoms with van der Waals surface area (Å²) in [6.45, 7) is 0.465. The first-order valence-electron chi connectivity index (χ1n) is 6.72. The first-order valence-corrected chi connectivity index (χ1v) is 7.89. The second-order valence-electron chi connectivity index (χ2n) is 4.92. The Balaban J connectivity index is 2.01. The number of fused-ring (bicyclic) bond motifs is 3. The summed E-state index contributed by atoms with van der Waals surface area (Å²) in [6, 6.07) is 13.8. The molecule has 0 atom stereocenters. The molecule has 1 aromatic heterocycles. The lowest BCUT2D eigenvalue weighted by atomic mass is 10.0. The maximum Gasteiger partial charge on any atom is 0.159 e. The molecule has 0 saturated heterocycles. The number of halogens is 2. The maximum absolute atomic E-state index is 6.38. The second-order valence-corrected chi connectivity index (χ2v) is 6.25. The van der Waals surface area contributed by atoms with Gasteiger partial charge in [0.25, 0.3) is 0 Å². The summed E-state index contributed by atoms with van der Waals surface area (Å²) in [6.07, 6.45) is 1.72. The van der Waals surface area contributed by atoms with Crippen molar-refractivity contribution in [3.05, 3.63) is 75.2 Å². The fourth-order valence-electron chi connectivity index (χ4n) is 2.59. The van der Waals surface area contributed by atoms with E-state index >= 15 is 0 Å². The topological polar surface area (TPSA) is 43.1 Å². The van der Waals surface area contributed by atoms with Gasteiger partial charge in [0.15, 0.2) is 5.82 Å². The van der Waals surface area contributed by atoms with Gasteiger partial charge in [0.05, 0.1) is 11.4 Å². The monoisotopic (exact) mass is 372 g/mol. The molecule has 0 aliphatic carbocycles. The van der Waals surface area contributed by atoms with Gasteiger partial charge in [0.1, 0.15) is 12.9 Å². The van der Waals surface area contributed by atoms with E-state index in [2.05, 4.69) is 26.1 Å². The van der Waals surface area contributed by atoms with Crippen molar-refractivity contribution in [2.24, 2.45) is 4.99 Å². The van der Waals surface area contributed by atoms with Crippen molar-refractivity contribution in [2.45, 2.75) is 6.54 Å². The van der Waals surface area contributed by atoms with Crippen LogP contribution in [0.25, 0.3) is 5.69 Å². The Morgan fingerprint density at radius 3 is 2.82 bits per heavy atom. The highest BCUT2D eigenvalue weighted by molar-refractivity contribution is 9.10. The molecule has 0 bridgehead atoms. The van der Waals surface area contributed by atoms with Gasteiger partial charge in [-0.05, 0) is 24.3 Å². The molecular weight excluding hydrogens is 364 g/mol. The Morgan fingerprint density at radius 1 is 1.09 bits per heavy atom. The lowest BCUT2D eigenvalue weighted by Crippen LogP contribution is -2.07. The fourth-order valence-corrected chi connectivity index (χ4v) is 3.18. The predicted molar refractivity (Wildman–Crippen MR) is 89.9 cm³/mol. The molecule has 0 amide bonds. The Morgan fingerprint density at radius 2 is 1.95 bits per heavy atom. The third-order valence-electron chi connectivity index (χ3n) is 3.60. The number of hydrogen-bond acceptors (Lipinski definition) is 3. The van der Waals surface area contributed by atoms with Crippen molar-refractivity contribution >= 4 is 33.2 Å². The van der Waals surface area contributed by atoms with E-state index in [4.69, 9.17) is 16.6 Å². The van der Waals surface area contributed by atoms with Crippen molar-refractivity contribution < 1.29 is 0 Å². The van der Waals surface area contributed by atoms with Crippen molar-refractivity contribution in [1.82, 2.24) is 14.8 Å². The Kier molecular flexibility index (Phi) is 3.32. The van der Waals surface area contributed by atoms with Crippen LogP contribution in [0, 0.1) is 0 Å². The molecule has 0 fully saturated rings. The van der Waals surface area contributed by atoms with Gasteiger partial charge in [-0.2, -0.15) is 0 Å². The van der Waals surface area contributed by atoms with Gasteiger partial charge in [-0.3, -0.25) is 9.56 Å². The summed E-state index contributed by atoms with van der Waals surface area (Å²) in [5.41, 5.74) is 3.79. The lowest BCUT2D eigenvalue weighted by Gasteiger charge is -2.12. The lowest BCUT2D eigenvalue weighted by molar-refractivity contribution is 0.870. The van der Waals surface area contributed by atoms with E-state index in [9.17, 15) is 0 Å². The summed E-state index contributed by atoms with van der Waals surface area (Å²) in [5.74, 6) is 0.811. The predicted octanol–water partition coefficient (Wildman–Crippen LogP) is 4.03. The third-order valence-corrected chi connectivity index (χ3v) is 4.42. The average Bonchev–Trinajstić information content (AvgIpc) is 2.92. The Hall–Kier alpha value is -1.98. The van der Waals surface area contributed by atoms with Crippen LogP contribution in [-0.4, -0.2) is 20.5 Å². The minimum atomic E-state index is 0.465. The van der Waals surface area contributed by atoms with Gasteiger partial charge in [0.2, 0.25) is 0 Å². The Bertz CT molecular complexity index is 901. The van der Waals surface area contributed by atoms with Crippen LogP contribution in [0.15, 0.2) is 58.3 Å². The summed E-state index contributed by atoms with van der Waals surface area (Å²) in [4.78, 5) is 4.74. The van der Waals surface area contributed by atoms with Crippen molar-refractivity contribution in [1.29, 1.82) is 0 Å². The smallest absolute Gasteiger partial charge is 0.159 e. The number of aliphatic imine (C=N–C) groups is 1. The van der Waals surface area contributed by atoms with Crippen LogP contribution in [0.3, 0.4) is 0 Å². The molecular formula is C16H10BrClN4. The largest absolute Gasteiger partial charge is 0.283 e. The molecule has 1 aliphatic heterocycles. The standard InChI is InChI=1S/C16H10BrClN4/c17-10-5-6-14-12(7-10)16(11-3-1-2-4-13(11)18)19-8-15-21-20-9-22(14)15/h1-7,9H,8H2. The van der Waals surface area contributed by atoms with E-state index in [0.29, 0.717) is 11.6 Å². The minimum Gasteiger partial charge on any atom is -0.283 e. The molecule has 4 nitrogen and oxygen atoms in total. The van der Waals surface area contributed by atoms with E-state index in [1.807, 2.05) is 47.0 Å².